The Balaban J connectivity index is 2.50. The molecule has 0 aliphatic rings. The van der Waals surface area contributed by atoms with Gasteiger partial charge in [-0.3, -0.25) is 4.79 Å². The Morgan fingerprint density at radius 1 is 1.30 bits per heavy atom. The van der Waals surface area contributed by atoms with Gasteiger partial charge in [-0.05, 0) is 18.2 Å². The van der Waals surface area contributed by atoms with Crippen LogP contribution in [0.15, 0.2) is 41.3 Å². The van der Waals surface area contributed by atoms with Crippen LogP contribution in [0.25, 0.3) is 5.69 Å². The van der Waals surface area contributed by atoms with Gasteiger partial charge in [0, 0.05) is 13.1 Å². The van der Waals surface area contributed by atoms with Crippen molar-refractivity contribution in [2.45, 2.75) is 6.18 Å². The molecule has 0 spiro atoms. The molecule has 0 amide bonds. The molecule has 1 aromatic carbocycles. The first-order valence-corrected chi connectivity index (χ1v) is 5.54. The molecule has 1 heterocycles. The molecule has 5 nitrogen and oxygen atoms in total. The Labute approximate surface area is 112 Å². The monoisotopic (exact) mass is 284 g/mol. The van der Waals surface area contributed by atoms with Gasteiger partial charge in [0.05, 0.1) is 23.1 Å². The minimum Gasteiger partial charge on any atom is -0.312 e. The van der Waals surface area contributed by atoms with E-state index < -0.39 is 17.3 Å². The maximum Gasteiger partial charge on any atom is 0.416 e. The smallest absolute Gasteiger partial charge is 0.312 e. The Bertz CT molecular complexity index is 679. The van der Waals surface area contributed by atoms with E-state index in [1.165, 1.54) is 36.5 Å². The number of alkyl halides is 3. The molecule has 2 aromatic rings. The fourth-order valence-corrected chi connectivity index (χ4v) is 1.60. The maximum atomic E-state index is 12.6. The van der Waals surface area contributed by atoms with E-state index in [2.05, 4.69) is 5.10 Å². The summed E-state index contributed by atoms with van der Waals surface area (Å²) in [7, 11) is 1.52. The zero-order valence-electron chi connectivity index (χ0n) is 10.4. The number of hydrogen-bond acceptors (Lipinski definition) is 4. The highest BCUT2D eigenvalue weighted by atomic mass is 19.4. The minimum atomic E-state index is -4.48. The molecule has 0 saturated carbocycles. The van der Waals surface area contributed by atoms with Crippen molar-refractivity contribution in [3.05, 3.63) is 52.4 Å². The van der Waals surface area contributed by atoms with Crippen molar-refractivity contribution in [3.8, 4) is 5.69 Å². The number of halogens is 3. The molecule has 0 unspecified atom stereocenters. The molecule has 1 aromatic heterocycles. The summed E-state index contributed by atoms with van der Waals surface area (Å²) in [4.78, 5) is 11.8. The molecular formula is C12H11F3N4O. The third kappa shape index (κ3) is 2.80. The van der Waals surface area contributed by atoms with Gasteiger partial charge in [-0.25, -0.2) is 5.84 Å². The molecular weight excluding hydrogens is 273 g/mol. The van der Waals surface area contributed by atoms with E-state index in [-0.39, 0.29) is 5.69 Å². The lowest BCUT2D eigenvalue weighted by Crippen LogP contribution is -2.29. The lowest BCUT2D eigenvalue weighted by atomic mass is 10.2. The van der Waals surface area contributed by atoms with E-state index >= 15 is 0 Å². The SMILES string of the molecule is CN(N)c1cnn(-c2cccc(C(F)(F)F)c2)c(=O)c1. The summed E-state index contributed by atoms with van der Waals surface area (Å²) in [6.07, 6.45) is -3.18. The van der Waals surface area contributed by atoms with Gasteiger partial charge >= 0.3 is 6.18 Å². The first-order chi connectivity index (χ1) is 9.29. The molecule has 106 valence electrons. The summed E-state index contributed by atoms with van der Waals surface area (Å²) in [6.45, 7) is 0. The van der Waals surface area contributed by atoms with E-state index in [1.807, 2.05) is 0 Å². The van der Waals surface area contributed by atoms with Crippen LogP contribution in [-0.2, 0) is 6.18 Å². The molecule has 0 bridgehead atoms. The number of rotatable bonds is 2. The Hall–Kier alpha value is -2.35. The first-order valence-electron chi connectivity index (χ1n) is 5.54. The quantitative estimate of drug-likeness (QED) is 0.671. The van der Waals surface area contributed by atoms with Crippen LogP contribution in [0, 0.1) is 0 Å². The Morgan fingerprint density at radius 3 is 2.55 bits per heavy atom. The van der Waals surface area contributed by atoms with Gasteiger partial charge < -0.3 is 5.01 Å². The van der Waals surface area contributed by atoms with Crippen LogP contribution in [0.4, 0.5) is 18.9 Å². The maximum absolute atomic E-state index is 12.6. The predicted molar refractivity (Wildman–Crippen MR) is 67.4 cm³/mol. The second kappa shape index (κ2) is 4.97. The number of anilines is 1. The summed E-state index contributed by atoms with van der Waals surface area (Å²) in [6, 6.07) is 5.56. The van der Waals surface area contributed by atoms with Crippen LogP contribution >= 0.6 is 0 Å². The lowest BCUT2D eigenvalue weighted by Gasteiger charge is -2.13. The number of hydrogen-bond donors (Lipinski definition) is 1. The molecule has 0 aliphatic carbocycles. The van der Waals surface area contributed by atoms with Gasteiger partial charge in [-0.15, -0.1) is 0 Å². The Morgan fingerprint density at radius 2 is 2.00 bits per heavy atom. The molecule has 20 heavy (non-hydrogen) atoms. The highest BCUT2D eigenvalue weighted by Crippen LogP contribution is 2.29. The number of aromatic nitrogens is 2. The fraction of sp³-hybridized carbons (Fsp3) is 0.167. The summed E-state index contributed by atoms with van der Waals surface area (Å²) in [5.41, 5.74) is -1.02. The standard InChI is InChI=1S/C12H11F3N4O/c1-18(16)10-6-11(20)19(17-7-10)9-4-2-3-8(5-9)12(13,14)15/h2-7H,16H2,1H3. The molecule has 0 aliphatic heterocycles. The van der Waals surface area contributed by atoms with Crippen molar-refractivity contribution in [3.63, 3.8) is 0 Å². The normalized spacial score (nSPS) is 11.4. The molecule has 0 saturated heterocycles. The van der Waals surface area contributed by atoms with Gasteiger partial charge in [0.25, 0.3) is 5.56 Å². The van der Waals surface area contributed by atoms with E-state index in [0.29, 0.717) is 5.69 Å². The van der Waals surface area contributed by atoms with E-state index in [4.69, 9.17) is 5.84 Å². The van der Waals surface area contributed by atoms with Gasteiger partial charge in [0.1, 0.15) is 0 Å². The van der Waals surface area contributed by atoms with Gasteiger partial charge in [0.15, 0.2) is 0 Å². The molecule has 0 atom stereocenters. The zero-order chi connectivity index (χ0) is 14.9. The zero-order valence-corrected chi connectivity index (χ0v) is 10.4. The van der Waals surface area contributed by atoms with Crippen LogP contribution in [-0.4, -0.2) is 16.8 Å². The number of nitrogens with two attached hydrogens (primary N) is 1. The van der Waals surface area contributed by atoms with Gasteiger partial charge in [-0.1, -0.05) is 6.07 Å². The average Bonchev–Trinajstić information content (AvgIpc) is 2.37. The van der Waals surface area contributed by atoms with Crippen LogP contribution < -0.4 is 16.4 Å². The lowest BCUT2D eigenvalue weighted by molar-refractivity contribution is -0.137. The molecule has 0 radical (unpaired) electrons. The van der Waals surface area contributed by atoms with Crippen molar-refractivity contribution in [2.24, 2.45) is 5.84 Å². The molecule has 2 N–H and O–H groups in total. The van der Waals surface area contributed by atoms with Crippen LogP contribution in [0.1, 0.15) is 5.56 Å². The minimum absolute atomic E-state index is 0.0380. The fourth-order valence-electron chi connectivity index (χ4n) is 1.60. The largest absolute Gasteiger partial charge is 0.416 e. The first kappa shape index (κ1) is 14.1. The van der Waals surface area contributed by atoms with Crippen molar-refractivity contribution >= 4 is 5.69 Å². The van der Waals surface area contributed by atoms with Gasteiger partial charge in [0.2, 0.25) is 0 Å². The highest BCUT2D eigenvalue weighted by Gasteiger charge is 2.30. The van der Waals surface area contributed by atoms with Gasteiger partial charge in [-0.2, -0.15) is 23.0 Å². The number of hydrazine groups is 1. The van der Waals surface area contributed by atoms with Crippen LogP contribution in [0.2, 0.25) is 0 Å². The van der Waals surface area contributed by atoms with Crippen LogP contribution in [0.3, 0.4) is 0 Å². The van der Waals surface area contributed by atoms with Crippen molar-refractivity contribution < 1.29 is 13.2 Å². The van der Waals surface area contributed by atoms with E-state index in [0.717, 1.165) is 16.8 Å². The van der Waals surface area contributed by atoms with Crippen LogP contribution in [0.5, 0.6) is 0 Å². The van der Waals surface area contributed by atoms with Crippen molar-refractivity contribution in [1.82, 2.24) is 9.78 Å². The summed E-state index contributed by atoms with van der Waals surface area (Å²) in [5.74, 6) is 5.45. The topological polar surface area (TPSA) is 64.2 Å². The predicted octanol–water partition coefficient (Wildman–Crippen LogP) is 1.56. The second-order valence-electron chi connectivity index (χ2n) is 4.12. The van der Waals surface area contributed by atoms with Crippen molar-refractivity contribution in [1.29, 1.82) is 0 Å². The summed E-state index contributed by atoms with van der Waals surface area (Å²) < 4.78 is 38.7. The average molecular weight is 284 g/mol. The Kier molecular flexibility index (Phi) is 3.49. The number of nitrogens with zero attached hydrogens (tertiary/aromatic N) is 3. The molecule has 8 heteroatoms. The molecule has 0 fully saturated rings. The number of benzene rings is 1. The highest BCUT2D eigenvalue weighted by molar-refractivity contribution is 5.42. The second-order valence-corrected chi connectivity index (χ2v) is 4.12. The van der Waals surface area contributed by atoms with E-state index in [1.54, 1.807) is 0 Å². The van der Waals surface area contributed by atoms with Crippen molar-refractivity contribution in [2.75, 3.05) is 12.1 Å². The summed E-state index contributed by atoms with van der Waals surface area (Å²) in [5, 5.41) is 4.99. The summed E-state index contributed by atoms with van der Waals surface area (Å²) >= 11 is 0. The van der Waals surface area contributed by atoms with E-state index in [9.17, 15) is 18.0 Å². The molecule has 2 rings (SSSR count). The third-order valence-electron chi connectivity index (χ3n) is 2.61. The third-order valence-corrected chi connectivity index (χ3v) is 2.61.